The first kappa shape index (κ1) is 18.1. The molecular weight excluding hydrogens is 306 g/mol. The number of carbonyl (C=O) groups is 2. The molecule has 24 heavy (non-hydrogen) atoms. The number of ether oxygens (including phenoxy) is 1. The van der Waals surface area contributed by atoms with Crippen LogP contribution in [0, 0.1) is 25.2 Å². The molecule has 1 aliphatic carbocycles. The highest BCUT2D eigenvalue weighted by molar-refractivity contribution is 6.01. The standard InChI is InChI=1S/C18H25N3O3/c1-11(2)24-17(23)14-12(3)15(20-13(14)4)16(22)21-18(10-19)8-6-5-7-9-18/h11,20H,5-9H2,1-4H3,(H,21,22). The second-order valence-corrected chi connectivity index (χ2v) is 6.79. The molecule has 0 aliphatic heterocycles. The Hall–Kier alpha value is -2.29. The summed E-state index contributed by atoms with van der Waals surface area (Å²) in [5.41, 5.74) is 1.06. The van der Waals surface area contributed by atoms with Gasteiger partial charge in [-0.15, -0.1) is 0 Å². The molecule has 1 amide bonds. The summed E-state index contributed by atoms with van der Waals surface area (Å²) < 4.78 is 5.24. The number of rotatable bonds is 4. The van der Waals surface area contributed by atoms with Crippen LogP contribution in [0.25, 0.3) is 0 Å². The predicted octanol–water partition coefficient (Wildman–Crippen LogP) is 3.15. The molecule has 1 aliphatic rings. The van der Waals surface area contributed by atoms with E-state index < -0.39 is 11.5 Å². The van der Waals surface area contributed by atoms with Crippen molar-refractivity contribution in [3.05, 3.63) is 22.5 Å². The largest absolute Gasteiger partial charge is 0.459 e. The lowest BCUT2D eigenvalue weighted by atomic mass is 9.82. The molecule has 1 fully saturated rings. The fourth-order valence-corrected chi connectivity index (χ4v) is 3.26. The number of hydrogen-bond donors (Lipinski definition) is 2. The van der Waals surface area contributed by atoms with Crippen LogP contribution in [0.5, 0.6) is 0 Å². The van der Waals surface area contributed by atoms with E-state index in [1.807, 2.05) is 0 Å². The molecule has 0 aromatic carbocycles. The normalized spacial score (nSPS) is 16.5. The zero-order valence-corrected chi connectivity index (χ0v) is 14.8. The number of aromatic nitrogens is 1. The lowest BCUT2D eigenvalue weighted by Crippen LogP contribution is -2.48. The highest BCUT2D eigenvalue weighted by atomic mass is 16.5. The third-order valence-electron chi connectivity index (χ3n) is 4.49. The number of esters is 1. The van der Waals surface area contributed by atoms with Gasteiger partial charge in [-0.2, -0.15) is 5.26 Å². The van der Waals surface area contributed by atoms with Crippen LogP contribution in [-0.4, -0.2) is 28.5 Å². The Morgan fingerprint density at radius 1 is 1.25 bits per heavy atom. The monoisotopic (exact) mass is 331 g/mol. The van der Waals surface area contributed by atoms with E-state index in [0.29, 0.717) is 35.4 Å². The van der Waals surface area contributed by atoms with E-state index in [1.54, 1.807) is 27.7 Å². The van der Waals surface area contributed by atoms with Crippen LogP contribution in [-0.2, 0) is 4.74 Å². The van der Waals surface area contributed by atoms with Crippen LogP contribution >= 0.6 is 0 Å². The minimum Gasteiger partial charge on any atom is -0.459 e. The molecule has 6 heteroatoms. The summed E-state index contributed by atoms with van der Waals surface area (Å²) in [4.78, 5) is 27.9. The lowest BCUT2D eigenvalue weighted by Gasteiger charge is -2.31. The molecule has 130 valence electrons. The Labute approximate surface area is 142 Å². The fourth-order valence-electron chi connectivity index (χ4n) is 3.26. The summed E-state index contributed by atoms with van der Waals surface area (Å²) in [5.74, 6) is -0.786. The van der Waals surface area contributed by atoms with Crippen molar-refractivity contribution in [2.24, 2.45) is 0 Å². The highest BCUT2D eigenvalue weighted by Gasteiger charge is 2.35. The molecule has 1 aromatic heterocycles. The number of nitrogens with one attached hydrogen (secondary N) is 2. The van der Waals surface area contributed by atoms with Gasteiger partial charge in [0.2, 0.25) is 0 Å². The number of carbonyl (C=O) groups excluding carboxylic acids is 2. The molecule has 2 N–H and O–H groups in total. The maximum atomic E-state index is 12.7. The van der Waals surface area contributed by atoms with Crippen molar-refractivity contribution >= 4 is 11.9 Å². The summed E-state index contributed by atoms with van der Waals surface area (Å²) in [6.07, 6.45) is 4.05. The van der Waals surface area contributed by atoms with Crippen LogP contribution in [0.2, 0.25) is 0 Å². The number of H-pyrrole nitrogens is 1. The van der Waals surface area contributed by atoms with Gasteiger partial charge in [0.1, 0.15) is 11.2 Å². The maximum absolute atomic E-state index is 12.7. The predicted molar refractivity (Wildman–Crippen MR) is 89.7 cm³/mol. The van der Waals surface area contributed by atoms with Crippen LogP contribution in [0.15, 0.2) is 0 Å². The Kier molecular flexibility index (Phi) is 5.33. The van der Waals surface area contributed by atoms with E-state index in [1.165, 1.54) is 0 Å². The minimum absolute atomic E-state index is 0.229. The zero-order valence-electron chi connectivity index (χ0n) is 14.8. The van der Waals surface area contributed by atoms with Gasteiger partial charge in [0, 0.05) is 5.69 Å². The van der Waals surface area contributed by atoms with E-state index in [9.17, 15) is 14.9 Å². The van der Waals surface area contributed by atoms with Gasteiger partial charge in [0.05, 0.1) is 17.7 Å². The smallest absolute Gasteiger partial charge is 0.340 e. The first-order valence-electron chi connectivity index (χ1n) is 8.43. The van der Waals surface area contributed by atoms with Gasteiger partial charge in [0.25, 0.3) is 5.91 Å². The van der Waals surface area contributed by atoms with Crippen molar-refractivity contribution in [2.75, 3.05) is 0 Å². The van der Waals surface area contributed by atoms with Gasteiger partial charge < -0.3 is 15.0 Å². The number of aromatic amines is 1. The Bertz CT molecular complexity index is 676. The van der Waals surface area contributed by atoms with Crippen molar-refractivity contribution in [3.63, 3.8) is 0 Å². The summed E-state index contributed by atoms with van der Waals surface area (Å²) in [6.45, 7) is 7.02. The average Bonchev–Trinajstić information content (AvgIpc) is 2.82. The Morgan fingerprint density at radius 3 is 2.42 bits per heavy atom. The molecule has 0 bridgehead atoms. The number of hydrogen-bond acceptors (Lipinski definition) is 4. The fraction of sp³-hybridized carbons (Fsp3) is 0.611. The molecule has 0 spiro atoms. The molecule has 2 rings (SSSR count). The SMILES string of the molecule is Cc1[nH]c(C(=O)NC2(C#N)CCCCC2)c(C)c1C(=O)OC(C)C. The number of amides is 1. The molecular formula is C18H25N3O3. The lowest BCUT2D eigenvalue weighted by molar-refractivity contribution is 0.0376. The van der Waals surface area contributed by atoms with Gasteiger partial charge >= 0.3 is 5.97 Å². The zero-order chi connectivity index (χ0) is 17.9. The summed E-state index contributed by atoms with van der Waals surface area (Å²) in [6, 6.07) is 2.27. The number of nitrogens with zero attached hydrogens (tertiary/aromatic N) is 1. The Morgan fingerprint density at radius 2 is 1.88 bits per heavy atom. The van der Waals surface area contributed by atoms with Crippen LogP contribution in [0.3, 0.4) is 0 Å². The first-order valence-corrected chi connectivity index (χ1v) is 8.43. The molecule has 1 heterocycles. The topological polar surface area (TPSA) is 95.0 Å². The molecule has 0 atom stereocenters. The van der Waals surface area contributed by atoms with Crippen molar-refractivity contribution in [3.8, 4) is 6.07 Å². The van der Waals surface area contributed by atoms with E-state index in [4.69, 9.17) is 4.74 Å². The van der Waals surface area contributed by atoms with Gasteiger partial charge in [-0.1, -0.05) is 19.3 Å². The van der Waals surface area contributed by atoms with E-state index in [2.05, 4.69) is 16.4 Å². The summed E-state index contributed by atoms with van der Waals surface area (Å²) >= 11 is 0. The molecule has 0 saturated heterocycles. The third kappa shape index (κ3) is 3.61. The molecule has 0 radical (unpaired) electrons. The Balaban J connectivity index is 2.24. The summed E-state index contributed by atoms with van der Waals surface area (Å²) in [7, 11) is 0. The summed E-state index contributed by atoms with van der Waals surface area (Å²) in [5, 5.41) is 12.4. The van der Waals surface area contributed by atoms with Crippen LogP contribution < -0.4 is 5.32 Å². The first-order chi connectivity index (χ1) is 11.3. The maximum Gasteiger partial charge on any atom is 0.340 e. The van der Waals surface area contributed by atoms with Gasteiger partial charge in [0.15, 0.2) is 0 Å². The van der Waals surface area contributed by atoms with Gasteiger partial charge in [-0.25, -0.2) is 4.79 Å². The highest BCUT2D eigenvalue weighted by Crippen LogP contribution is 2.28. The molecule has 1 aromatic rings. The van der Waals surface area contributed by atoms with Gasteiger partial charge in [-0.3, -0.25) is 4.79 Å². The second-order valence-electron chi connectivity index (χ2n) is 6.79. The molecule has 0 unspecified atom stereocenters. The van der Waals surface area contributed by atoms with E-state index >= 15 is 0 Å². The van der Waals surface area contributed by atoms with Crippen molar-refractivity contribution in [1.82, 2.24) is 10.3 Å². The van der Waals surface area contributed by atoms with Gasteiger partial charge in [-0.05, 0) is 46.1 Å². The van der Waals surface area contributed by atoms with E-state index in [0.717, 1.165) is 19.3 Å². The van der Waals surface area contributed by atoms with Crippen molar-refractivity contribution in [1.29, 1.82) is 5.26 Å². The minimum atomic E-state index is -0.806. The molecule has 6 nitrogen and oxygen atoms in total. The van der Waals surface area contributed by atoms with Crippen molar-refractivity contribution in [2.45, 2.75) is 71.4 Å². The van der Waals surface area contributed by atoms with Crippen LogP contribution in [0.4, 0.5) is 0 Å². The average molecular weight is 331 g/mol. The second kappa shape index (κ2) is 7.08. The third-order valence-corrected chi connectivity index (χ3v) is 4.49. The van der Waals surface area contributed by atoms with Crippen molar-refractivity contribution < 1.29 is 14.3 Å². The number of nitriles is 1. The van der Waals surface area contributed by atoms with Crippen LogP contribution in [0.1, 0.15) is 78.1 Å². The van der Waals surface area contributed by atoms with E-state index in [-0.39, 0.29) is 12.0 Å². The number of aryl methyl sites for hydroxylation is 1. The molecule has 1 saturated carbocycles. The quantitative estimate of drug-likeness (QED) is 0.829.